The summed E-state index contributed by atoms with van der Waals surface area (Å²) in [4.78, 5) is 20.4. The van der Waals surface area contributed by atoms with Crippen molar-refractivity contribution in [1.29, 1.82) is 0 Å². The van der Waals surface area contributed by atoms with Gasteiger partial charge in [-0.05, 0) is 36.2 Å². The minimum Gasteiger partial charge on any atom is -0.508 e. The van der Waals surface area contributed by atoms with Gasteiger partial charge in [0, 0.05) is 16.5 Å². The first kappa shape index (κ1) is 18.0. The number of aromatic hydroxyl groups is 1. The second-order valence-corrected chi connectivity index (χ2v) is 6.55. The molecule has 0 aliphatic carbocycles. The molecule has 3 aromatic rings. The van der Waals surface area contributed by atoms with Crippen molar-refractivity contribution in [1.82, 2.24) is 9.97 Å². The van der Waals surface area contributed by atoms with Crippen LogP contribution in [0.5, 0.6) is 5.75 Å². The lowest BCUT2D eigenvalue weighted by Crippen LogP contribution is -2.13. The zero-order valence-corrected chi connectivity index (χ0v) is 15.2. The minimum absolute atomic E-state index is 0.128. The van der Waals surface area contributed by atoms with E-state index in [1.807, 2.05) is 0 Å². The number of carbonyl (C=O) groups is 1. The van der Waals surface area contributed by atoms with Crippen molar-refractivity contribution in [2.45, 2.75) is 12.8 Å². The molecule has 26 heavy (non-hydrogen) atoms. The van der Waals surface area contributed by atoms with Gasteiger partial charge >= 0.3 is 0 Å². The van der Waals surface area contributed by atoms with E-state index in [9.17, 15) is 14.3 Å². The van der Waals surface area contributed by atoms with E-state index in [4.69, 9.17) is 0 Å². The highest BCUT2D eigenvalue weighted by Gasteiger charge is 2.08. The van der Waals surface area contributed by atoms with Crippen LogP contribution in [0.25, 0.3) is 11.4 Å². The number of carbonyl (C=O) groups excluding carboxylic acids is 1. The molecule has 0 radical (unpaired) electrons. The Balaban J connectivity index is 1.59. The predicted octanol–water partition coefficient (Wildman–Crippen LogP) is 4.32. The summed E-state index contributed by atoms with van der Waals surface area (Å²) in [5.41, 5.74) is 1.61. The van der Waals surface area contributed by atoms with Crippen LogP contribution >= 0.6 is 15.9 Å². The second kappa shape index (κ2) is 8.05. The number of amides is 1. The SMILES string of the molecule is O=C(CCc1ccc(Br)cc1F)Nc1cnc(-c2cccc(O)c2)nc1. The molecule has 7 heteroatoms. The van der Waals surface area contributed by atoms with Gasteiger partial charge in [0.25, 0.3) is 0 Å². The van der Waals surface area contributed by atoms with Gasteiger partial charge in [-0.1, -0.05) is 34.1 Å². The lowest BCUT2D eigenvalue weighted by Gasteiger charge is -2.07. The maximum Gasteiger partial charge on any atom is 0.224 e. The quantitative estimate of drug-likeness (QED) is 0.650. The van der Waals surface area contributed by atoms with Gasteiger partial charge < -0.3 is 10.4 Å². The molecule has 0 atom stereocenters. The Bertz CT molecular complexity index is 932. The number of nitrogens with one attached hydrogen (secondary N) is 1. The van der Waals surface area contributed by atoms with E-state index in [1.54, 1.807) is 36.4 Å². The van der Waals surface area contributed by atoms with Gasteiger partial charge in [0.05, 0.1) is 18.1 Å². The molecule has 0 saturated heterocycles. The second-order valence-electron chi connectivity index (χ2n) is 5.63. The zero-order valence-electron chi connectivity index (χ0n) is 13.6. The minimum atomic E-state index is -0.342. The van der Waals surface area contributed by atoms with Crippen LogP contribution in [0.2, 0.25) is 0 Å². The monoisotopic (exact) mass is 415 g/mol. The molecule has 0 spiro atoms. The Kier molecular flexibility index (Phi) is 5.58. The summed E-state index contributed by atoms with van der Waals surface area (Å²) in [7, 11) is 0. The normalized spacial score (nSPS) is 10.5. The van der Waals surface area contributed by atoms with E-state index in [1.165, 1.54) is 18.5 Å². The van der Waals surface area contributed by atoms with Crippen molar-refractivity contribution in [2.75, 3.05) is 5.32 Å². The smallest absolute Gasteiger partial charge is 0.224 e. The summed E-state index contributed by atoms with van der Waals surface area (Å²) in [6, 6.07) is 11.4. The Morgan fingerprint density at radius 3 is 2.62 bits per heavy atom. The van der Waals surface area contributed by atoms with Gasteiger partial charge in [0.15, 0.2) is 5.82 Å². The summed E-state index contributed by atoms with van der Waals surface area (Å²) in [5, 5.41) is 12.2. The van der Waals surface area contributed by atoms with Crippen molar-refractivity contribution in [3.05, 3.63) is 70.7 Å². The fraction of sp³-hybridized carbons (Fsp3) is 0.105. The molecule has 1 heterocycles. The van der Waals surface area contributed by atoms with Crippen molar-refractivity contribution in [3.8, 4) is 17.1 Å². The third-order valence-electron chi connectivity index (χ3n) is 3.68. The number of rotatable bonds is 5. The molecular weight excluding hydrogens is 401 g/mol. The fourth-order valence-electron chi connectivity index (χ4n) is 2.38. The van der Waals surface area contributed by atoms with Crippen LogP contribution in [0.1, 0.15) is 12.0 Å². The number of benzene rings is 2. The first-order chi connectivity index (χ1) is 12.5. The molecule has 0 bridgehead atoms. The Labute approximate surface area is 158 Å². The molecule has 1 amide bonds. The first-order valence-electron chi connectivity index (χ1n) is 7.86. The maximum absolute atomic E-state index is 13.8. The van der Waals surface area contributed by atoms with Crippen LogP contribution in [0.3, 0.4) is 0 Å². The summed E-state index contributed by atoms with van der Waals surface area (Å²) in [5.74, 6) is -0.0218. The van der Waals surface area contributed by atoms with Crippen molar-refractivity contribution in [2.24, 2.45) is 0 Å². The standard InChI is InChI=1S/C19H15BrFN3O2/c20-14-6-4-12(17(21)9-14)5-7-18(26)24-15-10-22-19(23-11-15)13-2-1-3-16(25)8-13/h1-4,6,8-11,25H,5,7H2,(H,24,26). The number of hydrogen-bond donors (Lipinski definition) is 2. The first-order valence-corrected chi connectivity index (χ1v) is 8.66. The van der Waals surface area contributed by atoms with Gasteiger partial charge in [0.2, 0.25) is 5.91 Å². The largest absolute Gasteiger partial charge is 0.508 e. The van der Waals surface area contributed by atoms with Gasteiger partial charge in [-0.15, -0.1) is 0 Å². The highest BCUT2D eigenvalue weighted by molar-refractivity contribution is 9.10. The van der Waals surface area contributed by atoms with Crippen LogP contribution in [0, 0.1) is 5.82 Å². The zero-order chi connectivity index (χ0) is 18.5. The summed E-state index contributed by atoms with van der Waals surface area (Å²) in [6.07, 6.45) is 3.43. The number of hydrogen-bond acceptors (Lipinski definition) is 4. The molecule has 5 nitrogen and oxygen atoms in total. The molecule has 0 aliphatic rings. The van der Waals surface area contributed by atoms with E-state index >= 15 is 0 Å². The summed E-state index contributed by atoms with van der Waals surface area (Å²) >= 11 is 3.20. The average molecular weight is 416 g/mol. The number of phenolic OH excluding ortho intramolecular Hbond substituents is 1. The number of halogens is 2. The molecule has 0 unspecified atom stereocenters. The van der Waals surface area contributed by atoms with E-state index in [2.05, 4.69) is 31.2 Å². The number of anilines is 1. The van der Waals surface area contributed by atoms with Crippen molar-refractivity contribution in [3.63, 3.8) is 0 Å². The Morgan fingerprint density at radius 1 is 1.15 bits per heavy atom. The van der Waals surface area contributed by atoms with Gasteiger partial charge in [-0.3, -0.25) is 4.79 Å². The van der Waals surface area contributed by atoms with Crippen LogP contribution in [0.4, 0.5) is 10.1 Å². The van der Waals surface area contributed by atoms with Gasteiger partial charge in [-0.25, -0.2) is 14.4 Å². The lowest BCUT2D eigenvalue weighted by atomic mass is 10.1. The number of aromatic nitrogens is 2. The molecule has 2 aromatic carbocycles. The lowest BCUT2D eigenvalue weighted by molar-refractivity contribution is -0.116. The molecule has 3 rings (SSSR count). The molecule has 0 aliphatic heterocycles. The maximum atomic E-state index is 13.8. The highest BCUT2D eigenvalue weighted by Crippen LogP contribution is 2.20. The summed E-state index contributed by atoms with van der Waals surface area (Å²) < 4.78 is 14.4. The Morgan fingerprint density at radius 2 is 1.92 bits per heavy atom. The average Bonchev–Trinajstić information content (AvgIpc) is 2.61. The fourth-order valence-corrected chi connectivity index (χ4v) is 2.72. The van der Waals surface area contributed by atoms with Crippen LogP contribution in [-0.2, 0) is 11.2 Å². The van der Waals surface area contributed by atoms with Crippen LogP contribution in [-0.4, -0.2) is 21.0 Å². The third kappa shape index (κ3) is 4.64. The van der Waals surface area contributed by atoms with E-state index in [0.717, 1.165) is 0 Å². The van der Waals surface area contributed by atoms with Gasteiger partial charge in [0.1, 0.15) is 11.6 Å². The Hall–Kier alpha value is -2.80. The van der Waals surface area contributed by atoms with E-state index < -0.39 is 0 Å². The number of nitrogens with zero attached hydrogens (tertiary/aromatic N) is 2. The number of aryl methyl sites for hydroxylation is 1. The number of phenols is 1. The van der Waals surface area contributed by atoms with Crippen LogP contribution in [0.15, 0.2) is 59.3 Å². The van der Waals surface area contributed by atoms with Crippen LogP contribution < -0.4 is 5.32 Å². The van der Waals surface area contributed by atoms with Crippen molar-refractivity contribution < 1.29 is 14.3 Å². The van der Waals surface area contributed by atoms with E-state index in [0.29, 0.717) is 33.5 Å². The highest BCUT2D eigenvalue weighted by atomic mass is 79.9. The van der Waals surface area contributed by atoms with E-state index in [-0.39, 0.29) is 23.9 Å². The molecule has 1 aromatic heterocycles. The molecule has 0 fully saturated rings. The molecule has 132 valence electrons. The molecule has 0 saturated carbocycles. The third-order valence-corrected chi connectivity index (χ3v) is 4.17. The molecule has 2 N–H and O–H groups in total. The predicted molar refractivity (Wildman–Crippen MR) is 100 cm³/mol. The molecular formula is C19H15BrFN3O2. The topological polar surface area (TPSA) is 75.1 Å². The van der Waals surface area contributed by atoms with Gasteiger partial charge in [-0.2, -0.15) is 0 Å². The summed E-state index contributed by atoms with van der Waals surface area (Å²) in [6.45, 7) is 0. The van der Waals surface area contributed by atoms with Crippen molar-refractivity contribution >= 4 is 27.5 Å².